The van der Waals surface area contributed by atoms with Crippen molar-refractivity contribution in [3.8, 4) is 11.5 Å². The molecule has 0 spiro atoms. The molecule has 2 unspecified atom stereocenters. The Morgan fingerprint density at radius 2 is 1.70 bits per heavy atom. The third-order valence-corrected chi connectivity index (χ3v) is 5.52. The first-order valence-corrected chi connectivity index (χ1v) is 9.21. The fourth-order valence-corrected chi connectivity index (χ4v) is 3.79. The summed E-state index contributed by atoms with van der Waals surface area (Å²) in [6, 6.07) is 15.8. The lowest BCUT2D eigenvalue weighted by Crippen LogP contribution is -2.43. The normalized spacial score (nSPS) is 19.8. The molecule has 1 fully saturated rings. The molecule has 2 atom stereocenters. The smallest absolute Gasteiger partial charge is 0.232 e. The lowest BCUT2D eigenvalue weighted by Gasteiger charge is -2.30. The number of nitrogens with zero attached hydrogens (tertiary/aromatic N) is 1. The molecule has 5 heteroatoms. The van der Waals surface area contributed by atoms with E-state index in [1.165, 1.54) is 5.56 Å². The molecule has 144 valence electrons. The molecular formula is C22H28N2O3. The van der Waals surface area contributed by atoms with Gasteiger partial charge in [0.1, 0.15) is 0 Å². The van der Waals surface area contributed by atoms with Crippen LogP contribution >= 0.6 is 0 Å². The van der Waals surface area contributed by atoms with E-state index in [0.717, 1.165) is 5.56 Å². The van der Waals surface area contributed by atoms with Crippen LogP contribution in [0.3, 0.4) is 0 Å². The molecule has 1 aliphatic heterocycles. The van der Waals surface area contributed by atoms with Crippen LogP contribution in [0.4, 0.5) is 0 Å². The number of amides is 1. The zero-order valence-electron chi connectivity index (χ0n) is 16.4. The molecule has 1 amide bonds. The highest BCUT2D eigenvalue weighted by Crippen LogP contribution is 2.36. The molecule has 0 saturated carbocycles. The van der Waals surface area contributed by atoms with Crippen molar-refractivity contribution in [2.24, 2.45) is 5.73 Å². The fraction of sp³-hybridized carbons (Fsp3) is 0.409. The minimum atomic E-state index is -0.690. The van der Waals surface area contributed by atoms with Crippen molar-refractivity contribution in [3.05, 3.63) is 59.7 Å². The van der Waals surface area contributed by atoms with Crippen LogP contribution in [-0.2, 0) is 10.2 Å². The third kappa shape index (κ3) is 3.65. The van der Waals surface area contributed by atoms with Crippen molar-refractivity contribution in [1.29, 1.82) is 0 Å². The number of hydrogen-bond acceptors (Lipinski definition) is 4. The Bertz CT molecular complexity index is 804. The first kappa shape index (κ1) is 19.2. The number of benzene rings is 2. The van der Waals surface area contributed by atoms with Crippen LogP contribution in [0.15, 0.2) is 48.5 Å². The molecule has 1 heterocycles. The van der Waals surface area contributed by atoms with Crippen LogP contribution < -0.4 is 15.2 Å². The minimum Gasteiger partial charge on any atom is -0.493 e. The second-order valence-corrected chi connectivity index (χ2v) is 7.59. The molecule has 2 aromatic rings. The molecule has 0 radical (unpaired) electrons. The van der Waals surface area contributed by atoms with Crippen molar-refractivity contribution in [1.82, 2.24) is 4.90 Å². The van der Waals surface area contributed by atoms with Crippen LogP contribution in [0.1, 0.15) is 30.9 Å². The highest BCUT2D eigenvalue weighted by atomic mass is 16.5. The lowest BCUT2D eigenvalue weighted by atomic mass is 9.83. The van der Waals surface area contributed by atoms with E-state index in [0.29, 0.717) is 24.6 Å². The molecule has 2 aromatic carbocycles. The average Bonchev–Trinajstić information content (AvgIpc) is 3.08. The molecule has 27 heavy (non-hydrogen) atoms. The Morgan fingerprint density at radius 1 is 1.04 bits per heavy atom. The monoisotopic (exact) mass is 368 g/mol. The second kappa shape index (κ2) is 7.61. The zero-order chi connectivity index (χ0) is 19.6. The Labute approximate surface area is 161 Å². The van der Waals surface area contributed by atoms with Crippen LogP contribution in [0.25, 0.3) is 0 Å². The SMILES string of the molecule is COc1ccc(C(C)(C)C(=O)N2CC(N)C(c3ccccc3)C2)cc1OC. The minimum absolute atomic E-state index is 0.0578. The van der Waals surface area contributed by atoms with Gasteiger partial charge in [-0.3, -0.25) is 4.79 Å². The number of hydrogen-bond donors (Lipinski definition) is 1. The topological polar surface area (TPSA) is 64.8 Å². The summed E-state index contributed by atoms with van der Waals surface area (Å²) in [5.74, 6) is 1.51. The van der Waals surface area contributed by atoms with Crippen molar-refractivity contribution in [2.75, 3.05) is 27.3 Å². The fourth-order valence-electron chi connectivity index (χ4n) is 3.79. The molecule has 3 rings (SSSR count). The van der Waals surface area contributed by atoms with Gasteiger partial charge < -0.3 is 20.1 Å². The average molecular weight is 368 g/mol. The van der Waals surface area contributed by atoms with E-state index in [2.05, 4.69) is 12.1 Å². The summed E-state index contributed by atoms with van der Waals surface area (Å²) in [6.45, 7) is 5.09. The van der Waals surface area contributed by atoms with E-state index in [1.54, 1.807) is 14.2 Å². The summed E-state index contributed by atoms with van der Waals surface area (Å²) in [7, 11) is 3.20. The van der Waals surface area contributed by atoms with Crippen molar-refractivity contribution in [2.45, 2.75) is 31.2 Å². The van der Waals surface area contributed by atoms with Gasteiger partial charge in [-0.2, -0.15) is 0 Å². The molecule has 0 aliphatic carbocycles. The van der Waals surface area contributed by atoms with Crippen molar-refractivity contribution in [3.63, 3.8) is 0 Å². The van der Waals surface area contributed by atoms with Gasteiger partial charge in [-0.15, -0.1) is 0 Å². The first-order valence-electron chi connectivity index (χ1n) is 9.21. The van der Waals surface area contributed by atoms with Crippen LogP contribution in [-0.4, -0.2) is 44.2 Å². The van der Waals surface area contributed by atoms with Gasteiger partial charge in [-0.1, -0.05) is 36.4 Å². The predicted molar refractivity (Wildman–Crippen MR) is 106 cm³/mol. The molecular weight excluding hydrogens is 340 g/mol. The Balaban J connectivity index is 1.82. The van der Waals surface area contributed by atoms with E-state index in [1.807, 2.05) is 55.1 Å². The van der Waals surface area contributed by atoms with E-state index in [9.17, 15) is 4.79 Å². The Hall–Kier alpha value is -2.53. The predicted octanol–water partition coefficient (Wildman–Crippen LogP) is 2.93. The second-order valence-electron chi connectivity index (χ2n) is 7.59. The van der Waals surface area contributed by atoms with Crippen LogP contribution in [0.5, 0.6) is 11.5 Å². The summed E-state index contributed by atoms with van der Waals surface area (Å²) in [5, 5.41) is 0. The summed E-state index contributed by atoms with van der Waals surface area (Å²) in [5.41, 5.74) is 7.76. The Kier molecular flexibility index (Phi) is 5.42. The number of likely N-dealkylation sites (tertiary alicyclic amines) is 1. The maximum absolute atomic E-state index is 13.3. The van der Waals surface area contributed by atoms with E-state index in [-0.39, 0.29) is 17.9 Å². The lowest BCUT2D eigenvalue weighted by molar-refractivity contribution is -0.135. The van der Waals surface area contributed by atoms with Gasteiger partial charge in [0.15, 0.2) is 11.5 Å². The maximum Gasteiger partial charge on any atom is 0.232 e. The zero-order valence-corrected chi connectivity index (χ0v) is 16.4. The van der Waals surface area contributed by atoms with Crippen LogP contribution in [0, 0.1) is 0 Å². The number of nitrogens with two attached hydrogens (primary N) is 1. The number of methoxy groups -OCH3 is 2. The van der Waals surface area contributed by atoms with Gasteiger partial charge in [0.25, 0.3) is 0 Å². The molecule has 0 bridgehead atoms. The third-order valence-electron chi connectivity index (χ3n) is 5.52. The molecule has 2 N–H and O–H groups in total. The quantitative estimate of drug-likeness (QED) is 0.881. The standard InChI is InChI=1S/C22H28N2O3/c1-22(2,16-10-11-19(26-3)20(12-16)27-4)21(25)24-13-17(18(23)14-24)15-8-6-5-7-9-15/h5-12,17-18H,13-14,23H2,1-4H3. The molecule has 1 saturated heterocycles. The van der Waals surface area contributed by atoms with Gasteiger partial charge in [0.05, 0.1) is 19.6 Å². The van der Waals surface area contributed by atoms with Gasteiger partial charge in [0, 0.05) is 25.0 Å². The first-order chi connectivity index (χ1) is 12.9. The highest BCUT2D eigenvalue weighted by Gasteiger charge is 2.40. The van der Waals surface area contributed by atoms with Crippen molar-refractivity contribution < 1.29 is 14.3 Å². The summed E-state index contributed by atoms with van der Waals surface area (Å²) < 4.78 is 10.7. The highest BCUT2D eigenvalue weighted by molar-refractivity contribution is 5.88. The largest absolute Gasteiger partial charge is 0.493 e. The number of carbonyl (C=O) groups is 1. The van der Waals surface area contributed by atoms with Gasteiger partial charge in [0.2, 0.25) is 5.91 Å². The van der Waals surface area contributed by atoms with E-state index >= 15 is 0 Å². The van der Waals surface area contributed by atoms with Gasteiger partial charge >= 0.3 is 0 Å². The number of ether oxygens (including phenoxy) is 2. The number of rotatable bonds is 5. The van der Waals surface area contributed by atoms with Crippen LogP contribution in [0.2, 0.25) is 0 Å². The van der Waals surface area contributed by atoms with Gasteiger partial charge in [-0.25, -0.2) is 0 Å². The summed E-state index contributed by atoms with van der Waals surface area (Å²) in [4.78, 5) is 15.2. The summed E-state index contributed by atoms with van der Waals surface area (Å²) in [6.07, 6.45) is 0. The summed E-state index contributed by atoms with van der Waals surface area (Å²) >= 11 is 0. The number of carbonyl (C=O) groups excluding carboxylic acids is 1. The Morgan fingerprint density at radius 3 is 2.33 bits per heavy atom. The van der Waals surface area contributed by atoms with Crippen molar-refractivity contribution >= 4 is 5.91 Å². The molecule has 5 nitrogen and oxygen atoms in total. The maximum atomic E-state index is 13.3. The van der Waals surface area contributed by atoms with E-state index in [4.69, 9.17) is 15.2 Å². The van der Waals surface area contributed by atoms with Gasteiger partial charge in [-0.05, 0) is 37.1 Å². The van der Waals surface area contributed by atoms with E-state index < -0.39 is 5.41 Å². The molecule has 1 aliphatic rings. The molecule has 0 aromatic heterocycles.